The second-order valence-corrected chi connectivity index (χ2v) is 62.6. The van der Waals surface area contributed by atoms with Crippen molar-refractivity contribution in [3.8, 4) is 117 Å². The summed E-state index contributed by atoms with van der Waals surface area (Å²) in [5, 5.41) is 0. The SMILES string of the molecule is CCCCCCc1ccc(-c2ccc(-c3ccc(Sc4c(Sc5ccc(-c6ccc(-c7ccc(CCCCCC)s7)s6)s5)c(Sc5ccc(-c6ccc(-c7ccc(CCCCCC)s7)s6)s5)c(Sc5ccc(-c6ccc(-c7ccc(CCCCCC)s7)s6)s5)c(Sc5ccc(-c6ccc(-c7ccc(CCCCCC)s7)s6)s5)c4Sc4ccc(-c5ccc(-c6ccc(CCCCCC)s6)s5)s4)s3)s2)s1. The molecule has 138 heavy (non-hydrogen) atoms. The number of hydrogen-bond donors (Lipinski definition) is 0. The molecule has 18 aromatic heterocycles. The van der Waals surface area contributed by atoms with E-state index in [1.165, 1.54) is 355 Å². The van der Waals surface area contributed by atoms with Gasteiger partial charge in [-0.1, -0.05) is 228 Å². The van der Waals surface area contributed by atoms with Gasteiger partial charge in [-0.05, 0) is 295 Å². The molecule has 0 spiro atoms. The van der Waals surface area contributed by atoms with Crippen molar-refractivity contribution in [1.29, 1.82) is 0 Å². The lowest BCUT2D eigenvalue weighted by Crippen LogP contribution is -1.96. The van der Waals surface area contributed by atoms with Crippen LogP contribution in [-0.4, -0.2) is 0 Å². The lowest BCUT2D eigenvalue weighted by atomic mass is 10.1. The first-order valence-corrected chi connectivity index (χ1v) is 68.7. The van der Waals surface area contributed by atoms with E-state index in [1.807, 2.05) is 275 Å². The van der Waals surface area contributed by atoms with Crippen molar-refractivity contribution in [1.82, 2.24) is 0 Å². The highest BCUT2D eigenvalue weighted by atomic mass is 32.2. The van der Waals surface area contributed by atoms with Gasteiger partial charge in [-0.2, -0.15) is 0 Å². The molecule has 0 nitrogen and oxygen atoms in total. The van der Waals surface area contributed by atoms with Crippen molar-refractivity contribution < 1.29 is 0 Å². The Balaban J connectivity index is 0.779. The van der Waals surface area contributed by atoms with Crippen LogP contribution in [0.25, 0.3) is 117 Å². The van der Waals surface area contributed by atoms with Gasteiger partial charge in [-0.25, -0.2) is 0 Å². The second kappa shape index (κ2) is 51.5. The Morgan fingerprint density at radius 1 is 0.123 bits per heavy atom. The van der Waals surface area contributed by atoms with Gasteiger partial charge < -0.3 is 0 Å². The Kier molecular flexibility index (Phi) is 38.3. The molecule has 0 radical (unpaired) electrons. The van der Waals surface area contributed by atoms with Crippen molar-refractivity contribution in [2.75, 3.05) is 0 Å². The maximum Gasteiger partial charge on any atom is 0.0654 e. The topological polar surface area (TPSA) is 0 Å². The first-order chi connectivity index (χ1) is 68.0. The number of thiophene rings is 18. The van der Waals surface area contributed by atoms with Gasteiger partial charge >= 0.3 is 0 Å². The molecule has 0 atom stereocenters. The molecule has 19 aromatic rings. The second-order valence-electron chi connectivity index (χ2n) is 34.7. The predicted molar refractivity (Wildman–Crippen MR) is 644 cm³/mol. The average Bonchev–Trinajstić information content (AvgIpc) is 1.22. The van der Waals surface area contributed by atoms with E-state index in [1.54, 1.807) is 0 Å². The first kappa shape index (κ1) is 103. The molecule has 0 saturated carbocycles. The molecule has 24 heteroatoms. The summed E-state index contributed by atoms with van der Waals surface area (Å²) in [5.41, 5.74) is 0. The highest BCUT2D eigenvalue weighted by Crippen LogP contribution is 2.64. The molecule has 0 N–H and O–H groups in total. The van der Waals surface area contributed by atoms with Crippen LogP contribution in [0.2, 0.25) is 0 Å². The molecule has 0 amide bonds. The van der Waals surface area contributed by atoms with Crippen LogP contribution in [-0.2, 0) is 38.5 Å². The molecule has 714 valence electrons. The van der Waals surface area contributed by atoms with Crippen molar-refractivity contribution in [2.45, 2.75) is 289 Å². The normalized spacial score (nSPS) is 11.9. The number of aryl methyl sites for hydroxylation is 6. The van der Waals surface area contributed by atoms with Crippen LogP contribution in [0.5, 0.6) is 0 Å². The standard InChI is InChI=1S/C114H114S24/c1-7-13-19-25-31-73-37-43-79(115-73)85-49-55-91(121-85)97-61-67-103(127-97)133-109-110(134-104-68-62-98(128-104)92-56-50-86(122-92)80-44-38-74(116-80)32-26-20-14-8-2)112(136-106-70-64-100(130-106)94-58-52-88(124-94)82-46-40-76(118-82)34-28-22-16-10-4)114(138-108-72-66-102(132-108)96-60-54-90(126-96)84-48-42-78(120-84)36-30-24-18-12-6)113(137-107-71-65-101(131-107)95-59-53-89(125-95)83-47-41-77(119-83)35-29-23-17-11-5)111(109)135-105-69-63-99(129-105)93-57-51-87(123-93)81-45-39-75(117-81)33-27-21-15-9-3/h37-72H,7-36H2,1-6H3. The predicted octanol–water partition coefficient (Wildman–Crippen LogP) is 48.4. The van der Waals surface area contributed by atoms with Crippen molar-refractivity contribution in [3.05, 3.63) is 248 Å². The van der Waals surface area contributed by atoms with E-state index in [4.69, 9.17) is 0 Å². The molecule has 0 aliphatic rings. The van der Waals surface area contributed by atoms with Gasteiger partial charge in [0.2, 0.25) is 0 Å². The van der Waals surface area contributed by atoms with E-state index in [9.17, 15) is 0 Å². The quantitative estimate of drug-likeness (QED) is 0.0346. The van der Waals surface area contributed by atoms with E-state index in [0.717, 1.165) is 38.5 Å². The van der Waals surface area contributed by atoms with Gasteiger partial charge in [-0.15, -0.1) is 204 Å². The Labute approximate surface area is 916 Å². The molecule has 0 bridgehead atoms. The molecule has 18 heterocycles. The zero-order chi connectivity index (χ0) is 93.9. The zero-order valence-electron chi connectivity index (χ0n) is 78.8. The minimum Gasteiger partial charge on any atom is -0.139 e. The fourth-order valence-corrected chi connectivity index (χ4v) is 44.9. The van der Waals surface area contributed by atoms with E-state index >= 15 is 0 Å². The Morgan fingerprint density at radius 3 is 0.377 bits per heavy atom. The van der Waals surface area contributed by atoms with Crippen LogP contribution in [0, 0.1) is 0 Å². The third-order valence-corrected chi connectivity index (χ3v) is 54.6. The number of unbranched alkanes of at least 4 members (excludes halogenated alkanes) is 18. The number of hydrogen-bond acceptors (Lipinski definition) is 24. The summed E-state index contributed by atoms with van der Waals surface area (Å²) in [6.45, 7) is 13.9. The van der Waals surface area contributed by atoms with Crippen LogP contribution in [0.3, 0.4) is 0 Å². The lowest BCUT2D eigenvalue weighted by molar-refractivity contribution is 0.670. The Hall–Kier alpha value is -4.08. The van der Waals surface area contributed by atoms with Crippen LogP contribution in [0.4, 0.5) is 0 Å². The van der Waals surface area contributed by atoms with Gasteiger partial charge in [0.05, 0.1) is 25.3 Å². The van der Waals surface area contributed by atoms with Crippen molar-refractivity contribution in [3.63, 3.8) is 0 Å². The van der Waals surface area contributed by atoms with Crippen molar-refractivity contribution in [2.24, 2.45) is 0 Å². The molecular weight excluding hydrogens is 2140 g/mol. The van der Waals surface area contributed by atoms with Crippen LogP contribution in [0.1, 0.15) is 225 Å². The average molecular weight is 2250 g/mol. The van der Waals surface area contributed by atoms with Crippen LogP contribution in [0.15, 0.2) is 273 Å². The summed E-state index contributed by atoms with van der Waals surface area (Å²) in [6, 6.07) is 86.8. The third-order valence-electron chi connectivity index (χ3n) is 24.1. The summed E-state index contributed by atoms with van der Waals surface area (Å²) in [4.78, 5) is 49.2. The molecular formula is C114H114S24. The van der Waals surface area contributed by atoms with Gasteiger partial charge in [0, 0.05) is 176 Å². The van der Waals surface area contributed by atoms with Crippen molar-refractivity contribution >= 4 is 275 Å². The summed E-state index contributed by atoms with van der Waals surface area (Å²) >= 11 is 47.6. The Morgan fingerprint density at radius 2 is 0.239 bits per heavy atom. The summed E-state index contributed by atoms with van der Waals surface area (Å²) in [5.74, 6) is 0. The van der Waals surface area contributed by atoms with E-state index in [2.05, 4.69) is 260 Å². The largest absolute Gasteiger partial charge is 0.139 e. The number of benzene rings is 1. The fourth-order valence-electron chi connectivity index (χ4n) is 16.7. The zero-order valence-corrected chi connectivity index (χ0v) is 98.4. The summed E-state index contributed by atoms with van der Waals surface area (Å²) < 4.78 is 7.75. The first-order valence-electron chi connectivity index (χ1n) is 49.1. The Bertz CT molecular complexity index is 5930. The fraction of sp³-hybridized carbons (Fsp3) is 0.316. The molecule has 19 rings (SSSR count). The highest BCUT2D eigenvalue weighted by Gasteiger charge is 2.33. The monoisotopic (exact) mass is 2250 g/mol. The highest BCUT2D eigenvalue weighted by molar-refractivity contribution is 8.08. The molecule has 0 unspecified atom stereocenters. The van der Waals surface area contributed by atoms with Crippen LogP contribution < -0.4 is 0 Å². The van der Waals surface area contributed by atoms with E-state index < -0.39 is 0 Å². The summed E-state index contributed by atoms with van der Waals surface area (Å²) in [6.07, 6.45) is 37.8. The van der Waals surface area contributed by atoms with Gasteiger partial charge in [-0.3, -0.25) is 0 Å². The third kappa shape index (κ3) is 26.9. The minimum atomic E-state index is 1.16. The number of rotatable bonds is 54. The van der Waals surface area contributed by atoms with Gasteiger partial charge in [0.25, 0.3) is 0 Å². The smallest absolute Gasteiger partial charge is 0.0654 e. The maximum absolute atomic E-state index is 2.46. The lowest BCUT2D eigenvalue weighted by Gasteiger charge is -2.24. The molecule has 0 fully saturated rings. The molecule has 0 saturated heterocycles. The molecule has 1 aromatic carbocycles. The van der Waals surface area contributed by atoms with Gasteiger partial charge in [0.1, 0.15) is 0 Å². The maximum atomic E-state index is 2.46. The van der Waals surface area contributed by atoms with Crippen LogP contribution >= 0.6 is 275 Å². The van der Waals surface area contributed by atoms with Gasteiger partial charge in [0.15, 0.2) is 0 Å². The molecule has 0 aliphatic carbocycles. The van der Waals surface area contributed by atoms with E-state index in [0.29, 0.717) is 0 Å². The minimum absolute atomic E-state index is 1.16. The summed E-state index contributed by atoms with van der Waals surface area (Å²) in [7, 11) is 0. The van der Waals surface area contributed by atoms with E-state index in [-0.39, 0.29) is 0 Å². The molecule has 0 aliphatic heterocycles.